The average Bonchev–Trinajstić information content (AvgIpc) is 2.77. The van der Waals surface area contributed by atoms with Crippen LogP contribution in [-0.2, 0) is 4.79 Å². The summed E-state index contributed by atoms with van der Waals surface area (Å²) < 4.78 is 0. The van der Waals surface area contributed by atoms with Crippen LogP contribution in [0.5, 0.6) is 0 Å². The van der Waals surface area contributed by atoms with E-state index in [-0.39, 0.29) is 23.9 Å². The molecule has 184 valence electrons. The zero-order chi connectivity index (χ0) is 25.0. The molecule has 3 rings (SSSR count). The maximum absolute atomic E-state index is 14.3. The maximum Gasteiger partial charge on any atom is 0.229 e. The predicted molar refractivity (Wildman–Crippen MR) is 149 cm³/mol. The number of carbonyl (C=O) groups is 1. The molecule has 0 aliphatic carbocycles. The molecule has 0 spiro atoms. The van der Waals surface area contributed by atoms with Gasteiger partial charge in [0.1, 0.15) is 0 Å². The molecule has 2 aromatic rings. The fraction of sp³-hybridized carbons (Fsp3) is 0.483. The van der Waals surface area contributed by atoms with Crippen LogP contribution in [0.25, 0.3) is 0 Å². The van der Waals surface area contributed by atoms with Gasteiger partial charge in [-0.15, -0.1) is 6.58 Å². The van der Waals surface area contributed by atoms with Crippen molar-refractivity contribution in [2.75, 3.05) is 5.75 Å². The Kier molecular flexibility index (Phi) is 9.23. The minimum absolute atomic E-state index is 0.0960. The molecule has 0 N–H and O–H groups in total. The number of piperidine rings is 1. The van der Waals surface area contributed by atoms with Gasteiger partial charge in [0, 0.05) is 27.8 Å². The highest BCUT2D eigenvalue weighted by molar-refractivity contribution is 7.99. The average molecular weight is 519 g/mol. The number of nitrogens with zero attached hydrogens (tertiary/aromatic N) is 1. The van der Waals surface area contributed by atoms with Crippen LogP contribution in [0.3, 0.4) is 0 Å². The lowest BCUT2D eigenvalue weighted by molar-refractivity contribution is -0.155. The Morgan fingerprint density at radius 2 is 1.76 bits per heavy atom. The van der Waals surface area contributed by atoms with Crippen molar-refractivity contribution in [1.29, 1.82) is 0 Å². The van der Waals surface area contributed by atoms with E-state index in [2.05, 4.69) is 70.4 Å². The molecule has 4 atom stereocenters. The van der Waals surface area contributed by atoms with Gasteiger partial charge in [-0.2, -0.15) is 11.8 Å². The molecular weight excluding hydrogens is 481 g/mol. The first-order valence-electron chi connectivity index (χ1n) is 12.1. The molecule has 1 aliphatic heterocycles. The van der Waals surface area contributed by atoms with Crippen LogP contribution in [0.1, 0.15) is 70.5 Å². The highest BCUT2D eigenvalue weighted by Crippen LogP contribution is 2.52. The van der Waals surface area contributed by atoms with Crippen LogP contribution in [0.15, 0.2) is 61.2 Å². The van der Waals surface area contributed by atoms with E-state index in [1.54, 1.807) is 0 Å². The third kappa shape index (κ3) is 6.04. The van der Waals surface area contributed by atoms with Crippen molar-refractivity contribution in [3.05, 3.63) is 82.4 Å². The topological polar surface area (TPSA) is 20.3 Å². The quantitative estimate of drug-likeness (QED) is 0.309. The van der Waals surface area contributed by atoms with Crippen LogP contribution in [-0.4, -0.2) is 27.9 Å². The van der Waals surface area contributed by atoms with Gasteiger partial charge >= 0.3 is 0 Å². The monoisotopic (exact) mass is 517 g/mol. The zero-order valence-electron chi connectivity index (χ0n) is 20.9. The molecule has 0 bridgehead atoms. The second kappa shape index (κ2) is 11.5. The van der Waals surface area contributed by atoms with E-state index < -0.39 is 5.41 Å². The minimum Gasteiger partial charge on any atom is -0.330 e. The lowest BCUT2D eigenvalue weighted by Crippen LogP contribution is -2.57. The van der Waals surface area contributed by atoms with E-state index in [0.29, 0.717) is 22.6 Å². The smallest absolute Gasteiger partial charge is 0.229 e. The van der Waals surface area contributed by atoms with Crippen molar-refractivity contribution < 1.29 is 4.79 Å². The molecule has 2 nitrogen and oxygen atoms in total. The summed E-state index contributed by atoms with van der Waals surface area (Å²) in [5.41, 5.74) is 1.76. The SMILES string of the molecule is C=CC[C@@]1(C)C[C@H](c2cccc(Cl)c2)C(c2ccc(Cl)cc2)N(C(CSC(C)C)C(C)C)C1=O. The number of allylic oxidation sites excluding steroid dienone is 1. The van der Waals surface area contributed by atoms with Gasteiger partial charge in [0.2, 0.25) is 5.91 Å². The van der Waals surface area contributed by atoms with Gasteiger partial charge in [-0.1, -0.05) is 88.2 Å². The Morgan fingerprint density at radius 1 is 1.09 bits per heavy atom. The number of benzene rings is 2. The second-order valence-corrected chi connectivity index (χ2v) is 12.8. The van der Waals surface area contributed by atoms with E-state index in [1.807, 2.05) is 42.1 Å². The summed E-state index contributed by atoms with van der Waals surface area (Å²) in [7, 11) is 0. The van der Waals surface area contributed by atoms with Crippen molar-refractivity contribution in [3.63, 3.8) is 0 Å². The van der Waals surface area contributed by atoms with Gasteiger partial charge < -0.3 is 4.90 Å². The van der Waals surface area contributed by atoms with Crippen molar-refractivity contribution in [2.24, 2.45) is 11.3 Å². The first-order valence-corrected chi connectivity index (χ1v) is 13.9. The van der Waals surface area contributed by atoms with Crippen molar-refractivity contribution in [3.8, 4) is 0 Å². The number of carbonyl (C=O) groups excluding carboxylic acids is 1. The largest absolute Gasteiger partial charge is 0.330 e. The molecule has 2 unspecified atom stereocenters. The lowest BCUT2D eigenvalue weighted by Gasteiger charge is -2.53. The lowest BCUT2D eigenvalue weighted by atomic mass is 9.67. The number of amides is 1. The Hall–Kier alpha value is -1.42. The van der Waals surface area contributed by atoms with Crippen LogP contribution in [0, 0.1) is 11.3 Å². The van der Waals surface area contributed by atoms with Crippen LogP contribution in [0.2, 0.25) is 10.0 Å². The maximum atomic E-state index is 14.3. The number of hydrogen-bond donors (Lipinski definition) is 0. The molecule has 0 aromatic heterocycles. The predicted octanol–water partition coefficient (Wildman–Crippen LogP) is 8.80. The first kappa shape index (κ1) is 27.2. The van der Waals surface area contributed by atoms with Crippen LogP contribution in [0.4, 0.5) is 0 Å². The van der Waals surface area contributed by atoms with Gasteiger partial charge in [0.05, 0.1) is 11.5 Å². The van der Waals surface area contributed by atoms with Crippen molar-refractivity contribution in [2.45, 2.75) is 70.7 Å². The van der Waals surface area contributed by atoms with Crippen molar-refractivity contribution in [1.82, 2.24) is 4.90 Å². The van der Waals surface area contributed by atoms with Crippen molar-refractivity contribution >= 4 is 40.9 Å². The highest BCUT2D eigenvalue weighted by Gasteiger charge is 2.51. The molecule has 34 heavy (non-hydrogen) atoms. The highest BCUT2D eigenvalue weighted by atomic mass is 35.5. The van der Waals surface area contributed by atoms with Gasteiger partial charge in [-0.3, -0.25) is 4.79 Å². The summed E-state index contributed by atoms with van der Waals surface area (Å²) in [6.45, 7) is 15.0. The number of hydrogen-bond acceptors (Lipinski definition) is 2. The minimum atomic E-state index is -0.521. The number of rotatable bonds is 9. The summed E-state index contributed by atoms with van der Waals surface area (Å²) in [5.74, 6) is 1.54. The molecular formula is C29H37Cl2NOS. The molecule has 0 saturated carbocycles. The standard InChI is InChI=1S/C29H37Cl2NOS/c1-7-15-29(6)17-25(22-9-8-10-24(31)16-22)27(21-11-13-23(30)14-12-21)32(28(29)33)26(19(2)3)18-34-20(4)5/h7-14,16,19-20,25-27H,1,15,17-18H2,2-6H3/t25-,26?,27?,29+/m1/s1. The third-order valence-corrected chi connectivity index (χ3v) is 8.60. The summed E-state index contributed by atoms with van der Waals surface area (Å²) in [6, 6.07) is 16.2. The molecule has 1 heterocycles. The fourth-order valence-corrected chi connectivity index (χ4v) is 6.59. The van der Waals surface area contributed by atoms with E-state index >= 15 is 0 Å². The van der Waals surface area contributed by atoms with E-state index in [1.165, 1.54) is 5.56 Å². The molecule has 1 amide bonds. The van der Waals surface area contributed by atoms with E-state index in [4.69, 9.17) is 23.2 Å². The number of likely N-dealkylation sites (tertiary alicyclic amines) is 1. The molecule has 2 aromatic carbocycles. The first-order chi connectivity index (χ1) is 16.1. The Labute approximate surface area is 220 Å². The van der Waals surface area contributed by atoms with Gasteiger partial charge in [-0.25, -0.2) is 0 Å². The Bertz CT molecular complexity index is 990. The molecule has 1 saturated heterocycles. The van der Waals surface area contributed by atoms with Gasteiger partial charge in [0.25, 0.3) is 0 Å². The van der Waals surface area contributed by atoms with Crippen LogP contribution >= 0.6 is 35.0 Å². The molecule has 1 fully saturated rings. The summed E-state index contributed by atoms with van der Waals surface area (Å²) >= 11 is 14.6. The van der Waals surface area contributed by atoms with E-state index in [9.17, 15) is 4.79 Å². The second-order valence-electron chi connectivity index (χ2n) is 10.3. The van der Waals surface area contributed by atoms with E-state index in [0.717, 1.165) is 22.8 Å². The fourth-order valence-electron chi connectivity index (χ4n) is 5.14. The molecule has 0 radical (unpaired) electrons. The molecule has 1 aliphatic rings. The summed E-state index contributed by atoms with van der Waals surface area (Å²) in [5, 5.41) is 1.92. The van der Waals surface area contributed by atoms with Gasteiger partial charge in [0.15, 0.2) is 0 Å². The zero-order valence-corrected chi connectivity index (χ0v) is 23.3. The Morgan fingerprint density at radius 3 is 2.32 bits per heavy atom. The molecule has 5 heteroatoms. The number of halogens is 2. The van der Waals surface area contributed by atoms with Crippen LogP contribution < -0.4 is 0 Å². The normalized spacial score (nSPS) is 24.0. The summed E-state index contributed by atoms with van der Waals surface area (Å²) in [4.78, 5) is 16.5. The summed E-state index contributed by atoms with van der Waals surface area (Å²) in [6.07, 6.45) is 3.28. The number of thioether (sulfide) groups is 1. The Balaban J connectivity index is 2.22. The third-order valence-electron chi connectivity index (χ3n) is 6.91. The van der Waals surface area contributed by atoms with Gasteiger partial charge in [-0.05, 0) is 59.4 Å².